The van der Waals surface area contributed by atoms with E-state index in [9.17, 15) is 62.7 Å². The van der Waals surface area contributed by atoms with Gasteiger partial charge in [0, 0.05) is 36.3 Å². The van der Waals surface area contributed by atoms with E-state index < -0.39 is 84.6 Å². The third-order valence-electron chi connectivity index (χ3n) is 8.94. The quantitative estimate of drug-likeness (QED) is 0.0130. The summed E-state index contributed by atoms with van der Waals surface area (Å²) >= 11 is 2.58. The molecular formula is C33H55N7O18P3S2+. The molecule has 3 heterocycles. The number of imidazole rings is 1. The average Bonchev–Trinajstić information content (AvgIpc) is 3.76. The minimum absolute atomic E-state index is 0.00879. The van der Waals surface area contributed by atoms with E-state index in [4.69, 9.17) is 19.5 Å². The van der Waals surface area contributed by atoms with Crippen molar-refractivity contribution < 1.29 is 89.8 Å². The minimum Gasteiger partial charge on any atom is -0.384 e. The zero-order valence-electron chi connectivity index (χ0n) is 34.5. The maximum atomic E-state index is 12.9. The first kappa shape index (κ1) is 54.8. The lowest BCUT2D eigenvalue weighted by atomic mass is 9.88. The molecule has 8 atom stereocenters. The maximum Gasteiger partial charge on any atom is 0.481 e. The lowest BCUT2D eigenvalue weighted by Crippen LogP contribution is -2.46. The zero-order valence-corrected chi connectivity index (χ0v) is 38.8. The van der Waals surface area contributed by atoms with Crippen LogP contribution in [0.3, 0.4) is 0 Å². The highest BCUT2D eigenvalue weighted by Crippen LogP contribution is 2.61. The van der Waals surface area contributed by atoms with Gasteiger partial charge in [0.25, 0.3) is 0 Å². The number of nitrogen functional groups attached to an aromatic ring is 1. The molecule has 0 radical (unpaired) electrons. The predicted octanol–water partition coefficient (Wildman–Crippen LogP) is 0.911. The van der Waals surface area contributed by atoms with Gasteiger partial charge in [-0.2, -0.15) is 21.1 Å². The summed E-state index contributed by atoms with van der Waals surface area (Å²) in [6.45, 7) is 2.45. The van der Waals surface area contributed by atoms with Crippen LogP contribution < -0.4 is 20.9 Å². The van der Waals surface area contributed by atoms with E-state index in [1.54, 1.807) is 17.8 Å². The van der Waals surface area contributed by atoms with Gasteiger partial charge in [-0.1, -0.05) is 62.9 Å². The fourth-order valence-electron chi connectivity index (χ4n) is 5.79. The summed E-state index contributed by atoms with van der Waals surface area (Å²) in [7, 11) is -16.4. The Morgan fingerprint density at radius 1 is 1.11 bits per heavy atom. The number of carbonyl (C=O) groups is 4. The molecule has 30 heteroatoms. The molecule has 0 aliphatic carbocycles. The van der Waals surface area contributed by atoms with Gasteiger partial charge >= 0.3 is 29.1 Å². The average molecular weight is 995 g/mol. The van der Waals surface area contributed by atoms with E-state index >= 15 is 0 Å². The fraction of sp³-hybridized carbons (Fsp3) is 0.667. The van der Waals surface area contributed by atoms with Gasteiger partial charge < -0.3 is 50.4 Å². The molecular weight excluding hydrogens is 939 g/mol. The number of phosphoric acid groups is 3. The van der Waals surface area contributed by atoms with Gasteiger partial charge in [-0.15, -0.1) is 0 Å². The first-order valence-electron chi connectivity index (χ1n) is 19.3. The van der Waals surface area contributed by atoms with Gasteiger partial charge in [0.2, 0.25) is 22.8 Å². The molecule has 11 N–H and O–H groups in total. The van der Waals surface area contributed by atoms with Crippen molar-refractivity contribution >= 4 is 87.1 Å². The number of aromatic amines is 1. The number of nitrogens with zero attached hydrogens (tertiary/aromatic N) is 3. The van der Waals surface area contributed by atoms with Crippen molar-refractivity contribution in [1.82, 2.24) is 25.6 Å². The van der Waals surface area contributed by atoms with Crippen molar-refractivity contribution in [1.29, 1.82) is 0 Å². The Labute approximate surface area is 370 Å². The van der Waals surface area contributed by atoms with Crippen LogP contribution in [0.1, 0.15) is 65.5 Å². The number of thioether (sulfide) groups is 2. The number of aromatic nitrogens is 4. The summed E-state index contributed by atoms with van der Waals surface area (Å²) in [6.07, 6.45) is 2.25. The summed E-state index contributed by atoms with van der Waals surface area (Å²) in [6, 6.07) is 0. The number of nitrogens with one attached hydrogen (secondary N) is 3. The van der Waals surface area contributed by atoms with Crippen molar-refractivity contribution in [2.45, 2.75) is 95.3 Å². The van der Waals surface area contributed by atoms with Gasteiger partial charge in [0.15, 0.2) is 30.5 Å². The zero-order chi connectivity index (χ0) is 47.0. The Bertz CT molecular complexity index is 2030. The van der Waals surface area contributed by atoms with Gasteiger partial charge in [-0.05, 0) is 18.9 Å². The highest BCUT2D eigenvalue weighted by atomic mass is 32.2. The highest BCUT2D eigenvalue weighted by Gasteiger charge is 2.52. The summed E-state index contributed by atoms with van der Waals surface area (Å²) < 4.78 is 62.4. The van der Waals surface area contributed by atoms with Crippen molar-refractivity contribution in [3.05, 3.63) is 24.8 Å². The summed E-state index contributed by atoms with van der Waals surface area (Å²) in [5, 5.41) is 26.4. The number of hydrogen-bond acceptors (Lipinski definition) is 20. The van der Waals surface area contributed by atoms with Gasteiger partial charge in [0.05, 0.1) is 18.6 Å². The normalized spacial score (nSPS) is 21.2. The van der Waals surface area contributed by atoms with E-state index in [0.29, 0.717) is 17.9 Å². The standard InChI is InChI=1S/C33H54N7O18P3S2/c1-4-5-6-8-21(62-16-14-41)9-7-10-24(43)63-15-13-35-23(42)11-12-36-31(46)28(45)33(2,3)18-55-61(52,53)58-60(50,51)54-17-22-27(57-59(47,48)49)26(44)32(56-22)40-20-39-25-29(34)37-19-38-30(25)40/h7,10,14,19-22,26-27,31-32,36,44,46H,4-6,8-9,11-13,15-18H2,1-3H3,(H7,34,35,37,38,42,47,48,49,50,51,52,53)/p+1. The molecule has 0 spiro atoms. The molecule has 1 fully saturated rings. The largest absolute Gasteiger partial charge is 0.481 e. The molecule has 356 valence electrons. The molecule has 1 amide bonds. The Hall–Kier alpha value is -2.52. The van der Waals surface area contributed by atoms with E-state index in [2.05, 4.69) is 41.3 Å². The van der Waals surface area contributed by atoms with Gasteiger partial charge in [0.1, 0.15) is 24.6 Å². The number of anilines is 1. The van der Waals surface area contributed by atoms with Gasteiger partial charge in [-0.25, -0.2) is 18.3 Å². The number of aliphatic hydroxyl groups excluding tert-OH is 2. The number of allylic oxidation sites excluding steroid dienone is 1. The first-order chi connectivity index (χ1) is 29.5. The van der Waals surface area contributed by atoms with Crippen LogP contribution in [0.15, 0.2) is 24.8 Å². The molecule has 0 aromatic carbocycles. The van der Waals surface area contributed by atoms with Gasteiger partial charge in [-0.3, -0.25) is 38.3 Å². The number of hydrogen-bond donors (Lipinski definition) is 10. The van der Waals surface area contributed by atoms with Crippen molar-refractivity contribution in [3.8, 4) is 0 Å². The number of Topliss-reactive ketones (excluding diaryl/α,β-unsaturated/α-hetero) is 1. The molecule has 3 rings (SSSR count). The molecule has 63 heavy (non-hydrogen) atoms. The van der Waals surface area contributed by atoms with E-state index in [1.807, 2.05) is 0 Å². The molecule has 0 bridgehead atoms. The number of rotatable bonds is 30. The summed E-state index contributed by atoms with van der Waals surface area (Å²) in [5.74, 6) is -0.708. The summed E-state index contributed by atoms with van der Waals surface area (Å²) in [4.78, 5) is 98.0. The number of aliphatic hydroxyl groups is 2. The molecule has 1 aliphatic heterocycles. The van der Waals surface area contributed by atoms with Crippen LogP contribution in [0.2, 0.25) is 0 Å². The number of carbonyl (C=O) groups excluding carboxylic acids is 4. The minimum atomic E-state index is -5.58. The topological polar surface area (TPSA) is 383 Å². The number of unbranched alkanes of at least 4 members (excludes halogenated alkanes) is 2. The Morgan fingerprint density at radius 2 is 1.83 bits per heavy atom. The fourth-order valence-corrected chi connectivity index (χ4v) is 10.1. The Balaban J connectivity index is 1.42. The molecule has 0 saturated carbocycles. The molecule has 1 aliphatic rings. The van der Waals surface area contributed by atoms with Crippen molar-refractivity contribution in [2.24, 2.45) is 5.41 Å². The highest BCUT2D eigenvalue weighted by molar-refractivity contribution is 8.14. The molecule has 2 aromatic rings. The predicted molar refractivity (Wildman–Crippen MR) is 226 cm³/mol. The number of fused-ring (bicyclic) bond motifs is 1. The van der Waals surface area contributed by atoms with Crippen LogP contribution in [-0.2, 0) is 55.5 Å². The monoisotopic (exact) mass is 994 g/mol. The maximum absolute atomic E-state index is 12.9. The molecule has 25 nitrogen and oxygen atoms in total. The lowest BCUT2D eigenvalue weighted by molar-refractivity contribution is -0.745. The Kier molecular flexibility index (Phi) is 22.1. The number of aldehydes is 1. The molecule has 8 unspecified atom stereocenters. The second kappa shape index (κ2) is 25.4. The first-order valence-corrected chi connectivity index (χ1v) is 25.9. The number of amides is 1. The lowest BCUT2D eigenvalue weighted by Gasteiger charge is -2.27. The second-order valence-corrected chi connectivity index (χ2v) is 21.1. The number of H-pyrrole nitrogens is 1. The SMILES string of the molecule is CCCCCC(CC=CC(=O)SCCNC(=O)CCNC(O)C(=O)C(C)(C)COP(=O)(O)OP(=O)(O)OCC1OC([n+]2c[nH]c3c(N)ncnc32)C(O)C1OP(=O)(O)O)SCC=O. The van der Waals surface area contributed by atoms with Crippen LogP contribution >= 0.6 is 47.0 Å². The summed E-state index contributed by atoms with van der Waals surface area (Å²) in [5.41, 5.74) is 4.36. The number of phosphoric ester groups is 3. The van der Waals surface area contributed by atoms with Crippen molar-refractivity contribution in [3.63, 3.8) is 0 Å². The smallest absolute Gasteiger partial charge is 0.384 e. The van der Waals surface area contributed by atoms with Crippen LogP contribution in [0.5, 0.6) is 0 Å². The van der Waals surface area contributed by atoms with E-state index in [1.165, 1.54) is 30.8 Å². The molecule has 1 saturated heterocycles. The third kappa shape index (κ3) is 18.7. The van der Waals surface area contributed by atoms with Crippen LogP contribution in [0.4, 0.5) is 5.82 Å². The number of ketones is 1. The third-order valence-corrected chi connectivity index (χ3v) is 14.1. The van der Waals surface area contributed by atoms with Crippen molar-refractivity contribution in [2.75, 3.05) is 43.5 Å². The number of nitrogens with two attached hydrogens (primary N) is 1. The molecule has 2 aromatic heterocycles. The van der Waals surface area contributed by atoms with E-state index in [0.717, 1.165) is 50.1 Å². The number of ether oxygens (including phenoxy) is 1. The second-order valence-electron chi connectivity index (χ2n) is 14.5. The van der Waals surface area contributed by atoms with Crippen LogP contribution in [0, 0.1) is 5.41 Å². The Morgan fingerprint density at radius 3 is 2.51 bits per heavy atom. The van der Waals surface area contributed by atoms with E-state index in [-0.39, 0.29) is 46.9 Å². The van der Waals surface area contributed by atoms with Crippen LogP contribution in [-0.4, -0.2) is 135 Å². The van der Waals surface area contributed by atoms with Crippen LogP contribution in [0.25, 0.3) is 11.2 Å².